The van der Waals surface area contributed by atoms with E-state index < -0.39 is 24.1 Å². The van der Waals surface area contributed by atoms with E-state index >= 15 is 0 Å². The molecule has 1 N–H and O–H groups in total. The first-order valence-electron chi connectivity index (χ1n) is 5.60. The molecule has 0 fully saturated rings. The van der Waals surface area contributed by atoms with Gasteiger partial charge < -0.3 is 14.6 Å². The van der Waals surface area contributed by atoms with Gasteiger partial charge in [0.05, 0.1) is 0 Å². The smallest absolute Gasteiger partial charge is 0.347 e. The minimum Gasteiger partial charge on any atom is -0.458 e. The molecule has 5 heteroatoms. The molecular weight excluding hydrogens is 236 g/mol. The van der Waals surface area contributed by atoms with Gasteiger partial charge in [0, 0.05) is 0 Å². The van der Waals surface area contributed by atoms with Gasteiger partial charge in [-0.25, -0.2) is 9.59 Å². The second-order valence-electron chi connectivity index (χ2n) is 3.85. The fourth-order valence-corrected chi connectivity index (χ4v) is 1.17. The number of aliphatic hydroxyl groups excluding tert-OH is 1. The van der Waals surface area contributed by atoms with Crippen LogP contribution in [0.1, 0.15) is 19.4 Å². The first-order valence-corrected chi connectivity index (χ1v) is 5.60. The largest absolute Gasteiger partial charge is 0.458 e. The van der Waals surface area contributed by atoms with Crippen LogP contribution in [0.5, 0.6) is 0 Å². The van der Waals surface area contributed by atoms with Gasteiger partial charge >= 0.3 is 11.9 Å². The maximum atomic E-state index is 11.5. The number of aliphatic hydroxyl groups is 1. The summed E-state index contributed by atoms with van der Waals surface area (Å²) in [7, 11) is 0. The predicted molar refractivity (Wildman–Crippen MR) is 63.5 cm³/mol. The normalized spacial score (nSPS) is 13.5. The van der Waals surface area contributed by atoms with Crippen LogP contribution in [0.15, 0.2) is 30.3 Å². The van der Waals surface area contributed by atoms with Crippen LogP contribution in [-0.4, -0.2) is 29.3 Å². The number of carbonyl (C=O) groups is 2. The molecule has 1 aromatic carbocycles. The molecule has 2 atom stereocenters. The number of hydrogen-bond donors (Lipinski definition) is 1. The van der Waals surface area contributed by atoms with E-state index in [1.54, 1.807) is 0 Å². The topological polar surface area (TPSA) is 72.8 Å². The maximum absolute atomic E-state index is 11.5. The highest BCUT2D eigenvalue weighted by atomic mass is 16.6. The Morgan fingerprint density at radius 3 is 2.33 bits per heavy atom. The minimum atomic E-state index is -1.26. The van der Waals surface area contributed by atoms with Crippen molar-refractivity contribution in [1.82, 2.24) is 0 Å². The van der Waals surface area contributed by atoms with Gasteiger partial charge in [-0.15, -0.1) is 0 Å². The molecule has 0 bridgehead atoms. The molecule has 0 aliphatic heterocycles. The lowest BCUT2D eigenvalue weighted by atomic mass is 10.2. The summed E-state index contributed by atoms with van der Waals surface area (Å²) in [4.78, 5) is 22.5. The molecular formula is C13H16O5. The Bertz CT molecular complexity index is 399. The van der Waals surface area contributed by atoms with Gasteiger partial charge in [-0.05, 0) is 19.4 Å². The van der Waals surface area contributed by atoms with Crippen LogP contribution in [0.25, 0.3) is 0 Å². The van der Waals surface area contributed by atoms with Crippen molar-refractivity contribution in [2.24, 2.45) is 0 Å². The van der Waals surface area contributed by atoms with Crippen LogP contribution in [0.3, 0.4) is 0 Å². The molecule has 0 saturated carbocycles. The van der Waals surface area contributed by atoms with Crippen LogP contribution in [0.2, 0.25) is 0 Å². The van der Waals surface area contributed by atoms with Crippen LogP contribution >= 0.6 is 0 Å². The Morgan fingerprint density at radius 2 is 1.78 bits per heavy atom. The van der Waals surface area contributed by atoms with E-state index in [2.05, 4.69) is 0 Å². The molecule has 5 nitrogen and oxygen atoms in total. The predicted octanol–water partition coefficient (Wildman–Crippen LogP) is 1.04. The summed E-state index contributed by atoms with van der Waals surface area (Å²) in [5, 5.41) is 8.93. The van der Waals surface area contributed by atoms with Crippen molar-refractivity contribution in [3.8, 4) is 0 Å². The Balaban J connectivity index is 2.39. The zero-order valence-corrected chi connectivity index (χ0v) is 10.3. The highest BCUT2D eigenvalue weighted by molar-refractivity contribution is 5.80. The summed E-state index contributed by atoms with van der Waals surface area (Å²) in [5.41, 5.74) is 0.847. The molecule has 0 unspecified atom stereocenters. The zero-order valence-electron chi connectivity index (χ0n) is 10.3. The minimum absolute atomic E-state index is 0.121. The van der Waals surface area contributed by atoms with Crippen molar-refractivity contribution in [2.45, 2.75) is 32.7 Å². The van der Waals surface area contributed by atoms with E-state index in [1.807, 2.05) is 30.3 Å². The summed E-state index contributed by atoms with van der Waals surface area (Å²) in [5.74, 6) is -1.49. The van der Waals surface area contributed by atoms with Crippen molar-refractivity contribution in [3.63, 3.8) is 0 Å². The summed E-state index contributed by atoms with van der Waals surface area (Å²) in [6.07, 6.45) is -2.29. The lowest BCUT2D eigenvalue weighted by Gasteiger charge is -2.13. The SMILES string of the molecule is C[C@H](O)C(=O)O[C@H](C)C(=O)OCc1ccccc1. The number of hydrogen-bond acceptors (Lipinski definition) is 5. The lowest BCUT2D eigenvalue weighted by molar-refractivity contribution is -0.172. The summed E-state index contributed by atoms with van der Waals surface area (Å²) < 4.78 is 9.67. The molecule has 0 heterocycles. The van der Waals surface area contributed by atoms with Crippen LogP contribution in [0.4, 0.5) is 0 Å². The van der Waals surface area contributed by atoms with Gasteiger partial charge in [0.1, 0.15) is 12.7 Å². The second-order valence-corrected chi connectivity index (χ2v) is 3.85. The third-order valence-electron chi connectivity index (χ3n) is 2.19. The Morgan fingerprint density at radius 1 is 1.17 bits per heavy atom. The molecule has 1 rings (SSSR count). The quantitative estimate of drug-likeness (QED) is 0.793. The van der Waals surface area contributed by atoms with Crippen molar-refractivity contribution in [1.29, 1.82) is 0 Å². The maximum Gasteiger partial charge on any atom is 0.347 e. The average Bonchev–Trinajstić information content (AvgIpc) is 2.36. The number of carbonyl (C=O) groups excluding carboxylic acids is 2. The molecule has 0 aliphatic carbocycles. The van der Waals surface area contributed by atoms with Crippen molar-refractivity contribution in [3.05, 3.63) is 35.9 Å². The van der Waals surface area contributed by atoms with E-state index in [0.29, 0.717) is 0 Å². The Kier molecular flexibility index (Phi) is 5.32. The van der Waals surface area contributed by atoms with Crippen LogP contribution in [-0.2, 0) is 25.7 Å². The third-order valence-corrected chi connectivity index (χ3v) is 2.19. The molecule has 98 valence electrons. The number of esters is 2. The van der Waals surface area contributed by atoms with Gasteiger partial charge in [-0.1, -0.05) is 30.3 Å². The molecule has 0 aliphatic rings. The average molecular weight is 252 g/mol. The van der Waals surface area contributed by atoms with E-state index in [-0.39, 0.29) is 6.61 Å². The van der Waals surface area contributed by atoms with Crippen LogP contribution < -0.4 is 0 Å². The van der Waals surface area contributed by atoms with E-state index in [4.69, 9.17) is 14.6 Å². The molecule has 0 aromatic heterocycles. The number of ether oxygens (including phenoxy) is 2. The number of benzene rings is 1. The van der Waals surface area contributed by atoms with Gasteiger partial charge in [-0.3, -0.25) is 0 Å². The molecule has 1 aromatic rings. The van der Waals surface area contributed by atoms with Gasteiger partial charge in [0.15, 0.2) is 6.10 Å². The standard InChI is InChI=1S/C13H16O5/c1-9(14)12(15)18-10(2)13(16)17-8-11-6-4-3-5-7-11/h3-7,9-10,14H,8H2,1-2H3/t9-,10+/m0/s1. The molecule has 0 amide bonds. The third kappa shape index (κ3) is 4.55. The van der Waals surface area contributed by atoms with Crippen molar-refractivity contribution < 1.29 is 24.2 Å². The van der Waals surface area contributed by atoms with Gasteiger partial charge in [0.2, 0.25) is 0 Å². The zero-order chi connectivity index (χ0) is 13.5. The fourth-order valence-electron chi connectivity index (χ4n) is 1.17. The molecule has 0 spiro atoms. The van der Waals surface area contributed by atoms with Crippen molar-refractivity contribution in [2.75, 3.05) is 0 Å². The van der Waals surface area contributed by atoms with E-state index in [9.17, 15) is 9.59 Å². The van der Waals surface area contributed by atoms with Gasteiger partial charge in [-0.2, -0.15) is 0 Å². The number of rotatable bonds is 5. The van der Waals surface area contributed by atoms with Crippen molar-refractivity contribution >= 4 is 11.9 Å². The first kappa shape index (κ1) is 14.2. The van der Waals surface area contributed by atoms with E-state index in [0.717, 1.165) is 5.56 Å². The van der Waals surface area contributed by atoms with E-state index in [1.165, 1.54) is 13.8 Å². The lowest BCUT2D eigenvalue weighted by Crippen LogP contribution is -2.30. The second kappa shape index (κ2) is 6.76. The van der Waals surface area contributed by atoms with Gasteiger partial charge in [0.25, 0.3) is 0 Å². The summed E-state index contributed by atoms with van der Waals surface area (Å²) in [6, 6.07) is 9.16. The first-order chi connectivity index (χ1) is 8.50. The molecule has 18 heavy (non-hydrogen) atoms. The molecule has 0 saturated heterocycles. The Labute approximate surface area is 105 Å². The molecule has 0 radical (unpaired) electrons. The summed E-state index contributed by atoms with van der Waals surface area (Å²) in [6.45, 7) is 2.79. The van der Waals surface area contributed by atoms with Crippen LogP contribution in [0, 0.1) is 0 Å². The fraction of sp³-hybridized carbons (Fsp3) is 0.385. The highest BCUT2D eigenvalue weighted by Gasteiger charge is 2.21. The monoisotopic (exact) mass is 252 g/mol. The summed E-state index contributed by atoms with van der Waals surface area (Å²) >= 11 is 0. The Hall–Kier alpha value is -1.88. The highest BCUT2D eigenvalue weighted by Crippen LogP contribution is 2.04.